The Morgan fingerprint density at radius 1 is 1.28 bits per heavy atom. The second-order valence-electron chi connectivity index (χ2n) is 4.59. The van der Waals surface area contributed by atoms with Gasteiger partial charge in [0.1, 0.15) is 0 Å². The van der Waals surface area contributed by atoms with Gasteiger partial charge >= 0.3 is 0 Å². The minimum atomic E-state index is 0.189. The molecule has 0 fully saturated rings. The quantitative estimate of drug-likeness (QED) is 0.851. The Labute approximate surface area is 112 Å². The average Bonchev–Trinajstić information content (AvgIpc) is 2.65. The molecule has 0 amide bonds. The molecule has 0 saturated heterocycles. The van der Waals surface area contributed by atoms with Crippen molar-refractivity contribution in [3.05, 3.63) is 40.8 Å². The summed E-state index contributed by atoms with van der Waals surface area (Å²) in [4.78, 5) is 0. The van der Waals surface area contributed by atoms with E-state index in [2.05, 4.69) is 13.0 Å². The fraction of sp³-hybridized carbons (Fsp3) is 0.357. The summed E-state index contributed by atoms with van der Waals surface area (Å²) in [6.07, 6.45) is 2.60. The fourth-order valence-electron chi connectivity index (χ4n) is 2.08. The highest BCUT2D eigenvalue weighted by Gasteiger charge is 2.13. The molecule has 1 N–H and O–H groups in total. The predicted molar refractivity (Wildman–Crippen MR) is 76.0 cm³/mol. The van der Waals surface area contributed by atoms with Crippen LogP contribution in [-0.2, 0) is 6.42 Å². The molecule has 0 bridgehead atoms. The Balaban J connectivity index is 2.68. The standard InChI is InChI=1S/C14H18N2OS/c1-4-11-7-5-6-8-12(11)16-13(17)9-15(10(2)3)14(16)18/h5-10,17H,4H2,1-3H3. The Morgan fingerprint density at radius 2 is 1.94 bits per heavy atom. The zero-order chi connectivity index (χ0) is 13.3. The summed E-state index contributed by atoms with van der Waals surface area (Å²) in [5, 5.41) is 10.1. The molecule has 1 aromatic carbocycles. The third-order valence-electron chi connectivity index (χ3n) is 3.07. The molecule has 18 heavy (non-hydrogen) atoms. The van der Waals surface area contributed by atoms with Crippen LogP contribution in [0.15, 0.2) is 30.5 Å². The summed E-state index contributed by atoms with van der Waals surface area (Å²) in [6.45, 7) is 6.19. The van der Waals surface area contributed by atoms with Gasteiger partial charge in [0.05, 0.1) is 11.9 Å². The van der Waals surface area contributed by atoms with Gasteiger partial charge in [0, 0.05) is 6.04 Å². The van der Waals surface area contributed by atoms with E-state index in [0.717, 1.165) is 12.1 Å². The number of nitrogens with zero attached hydrogens (tertiary/aromatic N) is 2. The summed E-state index contributed by atoms with van der Waals surface area (Å²) in [6, 6.07) is 8.24. The Bertz CT molecular complexity index is 610. The SMILES string of the molecule is CCc1ccccc1-n1c(O)cn(C(C)C)c1=S. The summed E-state index contributed by atoms with van der Waals surface area (Å²) < 4.78 is 4.26. The van der Waals surface area contributed by atoms with E-state index in [1.165, 1.54) is 5.56 Å². The maximum absolute atomic E-state index is 10.1. The topological polar surface area (TPSA) is 30.1 Å². The molecule has 0 unspecified atom stereocenters. The lowest BCUT2D eigenvalue weighted by Crippen LogP contribution is -2.03. The second kappa shape index (κ2) is 4.98. The van der Waals surface area contributed by atoms with Crippen LogP contribution in [0.1, 0.15) is 32.4 Å². The molecular weight excluding hydrogens is 244 g/mol. The zero-order valence-corrected chi connectivity index (χ0v) is 11.7. The first-order valence-corrected chi connectivity index (χ1v) is 6.58. The predicted octanol–water partition coefficient (Wildman–Crippen LogP) is 3.86. The van der Waals surface area contributed by atoms with Gasteiger partial charge in [-0.25, -0.2) is 0 Å². The molecule has 96 valence electrons. The number of aromatic hydroxyl groups is 1. The number of imidazole rings is 1. The van der Waals surface area contributed by atoms with Crippen LogP contribution >= 0.6 is 12.2 Å². The van der Waals surface area contributed by atoms with Crippen LogP contribution in [0.4, 0.5) is 0 Å². The van der Waals surface area contributed by atoms with Gasteiger partial charge in [0.15, 0.2) is 4.77 Å². The van der Waals surface area contributed by atoms with Crippen LogP contribution in [0, 0.1) is 4.77 Å². The van der Waals surface area contributed by atoms with Crippen molar-refractivity contribution in [1.29, 1.82) is 0 Å². The zero-order valence-electron chi connectivity index (χ0n) is 10.9. The highest BCUT2D eigenvalue weighted by molar-refractivity contribution is 7.71. The maximum Gasteiger partial charge on any atom is 0.214 e. The van der Waals surface area contributed by atoms with E-state index in [1.54, 1.807) is 10.8 Å². The van der Waals surface area contributed by atoms with Crippen molar-refractivity contribution in [3.8, 4) is 11.6 Å². The van der Waals surface area contributed by atoms with Gasteiger partial charge in [0.2, 0.25) is 5.88 Å². The van der Waals surface area contributed by atoms with Crippen LogP contribution in [0.2, 0.25) is 0 Å². The summed E-state index contributed by atoms with van der Waals surface area (Å²) in [5.41, 5.74) is 2.13. The molecule has 2 rings (SSSR count). The van der Waals surface area contributed by atoms with Gasteiger partial charge in [-0.15, -0.1) is 0 Å². The number of hydrogen-bond donors (Lipinski definition) is 1. The van der Waals surface area contributed by atoms with E-state index in [-0.39, 0.29) is 11.9 Å². The minimum absolute atomic E-state index is 0.189. The first-order chi connectivity index (χ1) is 8.56. The lowest BCUT2D eigenvalue weighted by molar-refractivity contribution is 0.441. The minimum Gasteiger partial charge on any atom is -0.493 e. The molecule has 2 aromatic rings. The maximum atomic E-state index is 10.1. The van der Waals surface area contributed by atoms with Crippen molar-refractivity contribution in [1.82, 2.24) is 9.13 Å². The monoisotopic (exact) mass is 262 g/mol. The van der Waals surface area contributed by atoms with Gasteiger partial charge < -0.3 is 9.67 Å². The first kappa shape index (κ1) is 12.9. The highest BCUT2D eigenvalue weighted by Crippen LogP contribution is 2.25. The van der Waals surface area contributed by atoms with Crippen molar-refractivity contribution in [2.75, 3.05) is 0 Å². The van der Waals surface area contributed by atoms with Crippen LogP contribution in [0.25, 0.3) is 5.69 Å². The molecular formula is C14H18N2OS. The fourth-order valence-corrected chi connectivity index (χ4v) is 2.53. The summed E-state index contributed by atoms with van der Waals surface area (Å²) in [7, 11) is 0. The molecule has 0 aliphatic carbocycles. The van der Waals surface area contributed by atoms with E-state index < -0.39 is 0 Å². The number of aryl methyl sites for hydroxylation is 1. The molecule has 3 nitrogen and oxygen atoms in total. The van der Waals surface area contributed by atoms with Gasteiger partial charge in [0.25, 0.3) is 0 Å². The average molecular weight is 262 g/mol. The van der Waals surface area contributed by atoms with Crippen molar-refractivity contribution in [2.24, 2.45) is 0 Å². The molecule has 4 heteroatoms. The normalized spacial score (nSPS) is 11.1. The highest BCUT2D eigenvalue weighted by atomic mass is 32.1. The molecule has 0 radical (unpaired) electrons. The molecule has 1 aromatic heterocycles. The van der Waals surface area contributed by atoms with Gasteiger partial charge in [-0.3, -0.25) is 4.57 Å². The van der Waals surface area contributed by atoms with Crippen LogP contribution in [-0.4, -0.2) is 14.2 Å². The smallest absolute Gasteiger partial charge is 0.214 e. The van der Waals surface area contributed by atoms with E-state index in [1.807, 2.05) is 36.6 Å². The number of para-hydroxylation sites is 1. The number of rotatable bonds is 3. The van der Waals surface area contributed by atoms with E-state index in [0.29, 0.717) is 4.77 Å². The lowest BCUT2D eigenvalue weighted by Gasteiger charge is -2.10. The van der Waals surface area contributed by atoms with E-state index >= 15 is 0 Å². The van der Waals surface area contributed by atoms with Crippen molar-refractivity contribution < 1.29 is 5.11 Å². The Hall–Kier alpha value is -1.55. The molecule has 0 saturated carbocycles. The number of hydrogen-bond acceptors (Lipinski definition) is 2. The van der Waals surface area contributed by atoms with Crippen LogP contribution < -0.4 is 0 Å². The molecule has 0 aliphatic heterocycles. The third-order valence-corrected chi connectivity index (χ3v) is 3.46. The van der Waals surface area contributed by atoms with Gasteiger partial charge in [-0.1, -0.05) is 25.1 Å². The van der Waals surface area contributed by atoms with E-state index in [4.69, 9.17) is 12.2 Å². The largest absolute Gasteiger partial charge is 0.493 e. The number of benzene rings is 1. The molecule has 1 heterocycles. The second-order valence-corrected chi connectivity index (χ2v) is 4.95. The first-order valence-electron chi connectivity index (χ1n) is 6.17. The number of aromatic nitrogens is 2. The van der Waals surface area contributed by atoms with Gasteiger partial charge in [-0.2, -0.15) is 0 Å². The van der Waals surface area contributed by atoms with Crippen molar-refractivity contribution in [2.45, 2.75) is 33.2 Å². The lowest BCUT2D eigenvalue weighted by atomic mass is 10.1. The molecule has 0 atom stereocenters. The molecule has 0 spiro atoms. The van der Waals surface area contributed by atoms with Crippen molar-refractivity contribution >= 4 is 12.2 Å². The van der Waals surface area contributed by atoms with E-state index in [9.17, 15) is 5.11 Å². The Kier molecular flexibility index (Phi) is 3.57. The van der Waals surface area contributed by atoms with Crippen LogP contribution in [0.3, 0.4) is 0 Å². The van der Waals surface area contributed by atoms with Crippen molar-refractivity contribution in [3.63, 3.8) is 0 Å². The molecule has 0 aliphatic rings. The van der Waals surface area contributed by atoms with Crippen LogP contribution in [0.5, 0.6) is 5.88 Å². The Morgan fingerprint density at radius 3 is 2.50 bits per heavy atom. The third kappa shape index (κ3) is 2.08. The summed E-state index contributed by atoms with van der Waals surface area (Å²) in [5.74, 6) is 0.189. The van der Waals surface area contributed by atoms with Gasteiger partial charge in [-0.05, 0) is 44.1 Å². The summed E-state index contributed by atoms with van der Waals surface area (Å²) >= 11 is 5.44.